The molecule has 0 spiro atoms. The van der Waals surface area contributed by atoms with Gasteiger partial charge < -0.3 is 10.1 Å². The third-order valence-corrected chi connectivity index (χ3v) is 4.21. The lowest BCUT2D eigenvalue weighted by Crippen LogP contribution is -2.35. The molecule has 1 aliphatic heterocycles. The lowest BCUT2D eigenvalue weighted by atomic mass is 10.1. The molecule has 2 aromatic rings. The fraction of sp³-hybridized carbons (Fsp3) is 0.250. The fourth-order valence-corrected chi connectivity index (χ4v) is 2.90. The number of nitrogens with one attached hydrogen (secondary N) is 1. The Balaban J connectivity index is 1.82. The van der Waals surface area contributed by atoms with Crippen LogP contribution in [0.1, 0.15) is 62.2 Å². The van der Waals surface area contributed by atoms with Crippen molar-refractivity contribution in [1.82, 2.24) is 9.88 Å². The third kappa shape index (κ3) is 3.48. The Morgan fingerprint density at radius 1 is 1.07 bits per heavy atom. The molecule has 0 atom stereocenters. The van der Waals surface area contributed by atoms with E-state index in [4.69, 9.17) is 4.74 Å². The molecule has 3 rings (SSSR count). The van der Waals surface area contributed by atoms with Crippen LogP contribution in [0.5, 0.6) is 0 Å². The maximum atomic E-state index is 12.5. The minimum Gasteiger partial charge on any atom is -0.462 e. The Kier molecular flexibility index (Phi) is 5.21. The number of esters is 1. The molecule has 8 nitrogen and oxygen atoms in total. The van der Waals surface area contributed by atoms with Crippen LogP contribution in [0.25, 0.3) is 0 Å². The number of benzene rings is 1. The van der Waals surface area contributed by atoms with Crippen molar-refractivity contribution in [3.63, 3.8) is 0 Å². The highest BCUT2D eigenvalue weighted by molar-refractivity contribution is 6.22. The maximum Gasteiger partial charge on any atom is 0.338 e. The van der Waals surface area contributed by atoms with Crippen molar-refractivity contribution in [1.29, 1.82) is 0 Å². The normalized spacial score (nSPS) is 12.9. The molecule has 8 heteroatoms. The summed E-state index contributed by atoms with van der Waals surface area (Å²) in [6.07, 6.45) is 1.38. The molecule has 1 aliphatic rings. The minimum atomic E-state index is -0.518. The van der Waals surface area contributed by atoms with E-state index in [1.807, 2.05) is 0 Å². The van der Waals surface area contributed by atoms with E-state index in [-0.39, 0.29) is 46.6 Å². The number of anilines is 1. The highest BCUT2D eigenvalue weighted by atomic mass is 16.5. The zero-order valence-electron chi connectivity index (χ0n) is 15.7. The van der Waals surface area contributed by atoms with Crippen LogP contribution in [-0.2, 0) is 4.74 Å². The predicted molar refractivity (Wildman–Crippen MR) is 100 cm³/mol. The monoisotopic (exact) mass is 381 g/mol. The van der Waals surface area contributed by atoms with Gasteiger partial charge in [-0.05, 0) is 51.1 Å². The lowest BCUT2D eigenvalue weighted by Gasteiger charge is -2.17. The maximum absolute atomic E-state index is 12.5. The average molecular weight is 381 g/mol. The lowest BCUT2D eigenvalue weighted by molar-refractivity contribution is 0.0524. The summed E-state index contributed by atoms with van der Waals surface area (Å²) in [5, 5.41) is 2.58. The van der Waals surface area contributed by atoms with E-state index >= 15 is 0 Å². The van der Waals surface area contributed by atoms with Crippen LogP contribution in [0.15, 0.2) is 36.5 Å². The molecule has 0 saturated heterocycles. The second kappa shape index (κ2) is 7.59. The first kappa shape index (κ1) is 19.2. The van der Waals surface area contributed by atoms with Crippen LogP contribution in [0.3, 0.4) is 0 Å². The van der Waals surface area contributed by atoms with Gasteiger partial charge in [0, 0.05) is 17.8 Å². The number of imide groups is 1. The molecule has 0 aliphatic carbocycles. The first-order chi connectivity index (χ1) is 13.3. The standard InChI is InChI=1S/C20H19N3O5/c1-4-28-20(27)13-7-8-21-16(10-13)22-17(24)12-5-6-14-15(9-12)19(26)23(11(2)3)18(14)25/h5-11H,4H2,1-3H3,(H,21,22,24). The number of pyridine rings is 1. The highest BCUT2D eigenvalue weighted by Gasteiger charge is 2.37. The Hall–Kier alpha value is -3.55. The Bertz CT molecular complexity index is 984. The van der Waals surface area contributed by atoms with Crippen LogP contribution < -0.4 is 5.32 Å². The van der Waals surface area contributed by atoms with Gasteiger partial charge in [-0.2, -0.15) is 0 Å². The van der Waals surface area contributed by atoms with Crippen molar-refractivity contribution >= 4 is 29.5 Å². The molecule has 144 valence electrons. The Labute approximate surface area is 161 Å². The molecule has 1 N–H and O–H groups in total. The average Bonchev–Trinajstić information content (AvgIpc) is 2.92. The van der Waals surface area contributed by atoms with E-state index in [1.165, 1.54) is 36.5 Å². The molecule has 1 aromatic heterocycles. The molecular weight excluding hydrogens is 362 g/mol. The number of rotatable bonds is 5. The zero-order chi connectivity index (χ0) is 20.4. The Morgan fingerprint density at radius 2 is 1.79 bits per heavy atom. The van der Waals surface area contributed by atoms with E-state index in [0.29, 0.717) is 0 Å². The van der Waals surface area contributed by atoms with Crippen molar-refractivity contribution in [3.05, 3.63) is 58.8 Å². The molecule has 2 heterocycles. The van der Waals surface area contributed by atoms with E-state index in [2.05, 4.69) is 10.3 Å². The molecule has 0 unspecified atom stereocenters. The zero-order valence-corrected chi connectivity index (χ0v) is 15.7. The van der Waals surface area contributed by atoms with Gasteiger partial charge in [0.05, 0.1) is 23.3 Å². The number of fused-ring (bicyclic) bond motifs is 1. The van der Waals surface area contributed by atoms with Gasteiger partial charge in [-0.1, -0.05) is 0 Å². The third-order valence-electron chi connectivity index (χ3n) is 4.21. The minimum absolute atomic E-state index is 0.169. The van der Waals surface area contributed by atoms with Gasteiger partial charge in [-0.15, -0.1) is 0 Å². The summed E-state index contributed by atoms with van der Waals surface area (Å²) in [5.74, 6) is -1.66. The highest BCUT2D eigenvalue weighted by Crippen LogP contribution is 2.26. The van der Waals surface area contributed by atoms with Gasteiger partial charge in [0.1, 0.15) is 5.82 Å². The first-order valence-electron chi connectivity index (χ1n) is 8.80. The smallest absolute Gasteiger partial charge is 0.338 e. The SMILES string of the molecule is CCOC(=O)c1ccnc(NC(=O)c2ccc3c(c2)C(=O)N(C(C)C)C3=O)c1. The van der Waals surface area contributed by atoms with Crippen LogP contribution in [-0.4, -0.2) is 46.2 Å². The summed E-state index contributed by atoms with van der Waals surface area (Å²) in [6.45, 7) is 5.43. The van der Waals surface area contributed by atoms with Crippen molar-refractivity contribution in [2.45, 2.75) is 26.8 Å². The van der Waals surface area contributed by atoms with Crippen molar-refractivity contribution in [3.8, 4) is 0 Å². The van der Waals surface area contributed by atoms with Crippen LogP contribution in [0, 0.1) is 0 Å². The van der Waals surface area contributed by atoms with E-state index in [0.717, 1.165) is 4.90 Å². The van der Waals surface area contributed by atoms with Crippen LogP contribution in [0.2, 0.25) is 0 Å². The summed E-state index contributed by atoms with van der Waals surface area (Å²) >= 11 is 0. The summed E-state index contributed by atoms with van der Waals surface area (Å²) < 4.78 is 4.92. The topological polar surface area (TPSA) is 106 Å². The molecule has 3 amide bonds. The van der Waals surface area contributed by atoms with Crippen molar-refractivity contribution in [2.24, 2.45) is 0 Å². The van der Waals surface area contributed by atoms with E-state index in [1.54, 1.807) is 20.8 Å². The van der Waals surface area contributed by atoms with Crippen molar-refractivity contribution in [2.75, 3.05) is 11.9 Å². The summed E-state index contributed by atoms with van der Waals surface area (Å²) in [4.78, 5) is 54.3. The number of ether oxygens (including phenoxy) is 1. The molecular formula is C20H19N3O5. The number of carbonyl (C=O) groups is 4. The van der Waals surface area contributed by atoms with Gasteiger partial charge in [0.2, 0.25) is 0 Å². The summed E-state index contributed by atoms with van der Waals surface area (Å²) in [5.41, 5.74) is 0.931. The van der Waals surface area contributed by atoms with Crippen molar-refractivity contribution < 1.29 is 23.9 Å². The first-order valence-corrected chi connectivity index (χ1v) is 8.80. The Morgan fingerprint density at radius 3 is 2.46 bits per heavy atom. The molecule has 0 radical (unpaired) electrons. The summed E-state index contributed by atoms with van der Waals surface area (Å²) in [6, 6.07) is 6.93. The second-order valence-corrected chi connectivity index (χ2v) is 6.44. The van der Waals surface area contributed by atoms with Gasteiger partial charge in [-0.25, -0.2) is 9.78 Å². The van der Waals surface area contributed by atoms with Gasteiger partial charge in [-0.3, -0.25) is 19.3 Å². The number of carbonyl (C=O) groups excluding carboxylic acids is 4. The molecule has 0 fully saturated rings. The molecule has 28 heavy (non-hydrogen) atoms. The number of amides is 3. The number of hydrogen-bond donors (Lipinski definition) is 1. The van der Waals surface area contributed by atoms with E-state index in [9.17, 15) is 19.2 Å². The van der Waals surface area contributed by atoms with E-state index < -0.39 is 17.8 Å². The van der Waals surface area contributed by atoms with Gasteiger partial charge in [0.25, 0.3) is 17.7 Å². The largest absolute Gasteiger partial charge is 0.462 e. The number of aromatic nitrogens is 1. The molecule has 1 aromatic carbocycles. The quantitative estimate of drug-likeness (QED) is 0.630. The summed E-state index contributed by atoms with van der Waals surface area (Å²) in [7, 11) is 0. The molecule has 0 bridgehead atoms. The number of nitrogens with zero attached hydrogens (tertiary/aromatic N) is 2. The predicted octanol–water partition coefficient (Wildman–Crippen LogP) is 2.52. The van der Waals surface area contributed by atoms with Gasteiger partial charge in [0.15, 0.2) is 0 Å². The molecule has 0 saturated carbocycles. The van der Waals surface area contributed by atoms with Crippen LogP contribution >= 0.6 is 0 Å². The van der Waals surface area contributed by atoms with Gasteiger partial charge >= 0.3 is 5.97 Å². The second-order valence-electron chi connectivity index (χ2n) is 6.44. The number of hydrogen-bond acceptors (Lipinski definition) is 6. The fourth-order valence-electron chi connectivity index (χ4n) is 2.90. The van der Waals surface area contributed by atoms with Crippen LogP contribution in [0.4, 0.5) is 5.82 Å².